The zero-order chi connectivity index (χ0) is 16.3. The van der Waals surface area contributed by atoms with E-state index in [2.05, 4.69) is 33.0 Å². The third-order valence-corrected chi connectivity index (χ3v) is 4.91. The molecule has 0 aliphatic heterocycles. The number of anilines is 1. The van der Waals surface area contributed by atoms with Gasteiger partial charge in [0.25, 0.3) is 0 Å². The van der Waals surface area contributed by atoms with Gasteiger partial charge in [0.05, 0.1) is 12.4 Å². The van der Waals surface area contributed by atoms with Crippen LogP contribution in [0, 0.1) is 0 Å². The fourth-order valence-electron chi connectivity index (χ4n) is 1.77. The minimum absolute atomic E-state index is 0.00928. The molecular formula is C15H20N4O2S2. The van der Waals surface area contributed by atoms with Crippen LogP contribution in [0.1, 0.15) is 5.56 Å². The number of nitrogens with zero attached hydrogens (tertiary/aromatic N) is 2. The SMILES string of the molecule is COCCNc1nnc(SCC(=O)NCCc2ccccc2)s1. The largest absolute Gasteiger partial charge is 0.383 e. The summed E-state index contributed by atoms with van der Waals surface area (Å²) in [6, 6.07) is 10.1. The quantitative estimate of drug-likeness (QED) is 0.503. The highest BCUT2D eigenvalue weighted by Gasteiger charge is 2.07. The lowest BCUT2D eigenvalue weighted by atomic mass is 10.1. The number of aromatic nitrogens is 2. The minimum Gasteiger partial charge on any atom is -0.383 e. The third kappa shape index (κ3) is 6.98. The van der Waals surface area contributed by atoms with Crippen molar-refractivity contribution in [2.24, 2.45) is 0 Å². The predicted molar refractivity (Wildman–Crippen MR) is 94.2 cm³/mol. The summed E-state index contributed by atoms with van der Waals surface area (Å²) >= 11 is 2.84. The molecule has 1 aromatic carbocycles. The van der Waals surface area contributed by atoms with Gasteiger partial charge in [0, 0.05) is 20.2 Å². The number of benzene rings is 1. The highest BCUT2D eigenvalue weighted by molar-refractivity contribution is 8.01. The molecular weight excluding hydrogens is 332 g/mol. The van der Waals surface area contributed by atoms with Crippen LogP contribution in [0.4, 0.5) is 5.13 Å². The zero-order valence-electron chi connectivity index (χ0n) is 12.9. The molecule has 0 radical (unpaired) electrons. The monoisotopic (exact) mass is 352 g/mol. The predicted octanol–water partition coefficient (Wildman–Crippen LogP) is 2.05. The molecule has 1 amide bonds. The molecule has 0 saturated heterocycles. The summed E-state index contributed by atoms with van der Waals surface area (Å²) in [5.41, 5.74) is 1.22. The number of amides is 1. The Kier molecular flexibility index (Phi) is 7.85. The molecule has 0 fully saturated rings. The Morgan fingerprint density at radius 3 is 2.87 bits per heavy atom. The Morgan fingerprint density at radius 2 is 2.09 bits per heavy atom. The molecule has 1 aromatic heterocycles. The number of ether oxygens (including phenoxy) is 1. The molecule has 0 aliphatic rings. The first-order valence-electron chi connectivity index (χ1n) is 7.27. The second-order valence-electron chi connectivity index (χ2n) is 4.67. The van der Waals surface area contributed by atoms with Crippen LogP contribution in [0.3, 0.4) is 0 Å². The normalized spacial score (nSPS) is 10.5. The Morgan fingerprint density at radius 1 is 1.26 bits per heavy atom. The minimum atomic E-state index is 0.00928. The smallest absolute Gasteiger partial charge is 0.230 e. The van der Waals surface area contributed by atoms with E-state index >= 15 is 0 Å². The number of carbonyl (C=O) groups is 1. The number of nitrogens with one attached hydrogen (secondary N) is 2. The second-order valence-corrected chi connectivity index (χ2v) is 6.87. The van der Waals surface area contributed by atoms with Crippen molar-refractivity contribution >= 4 is 34.1 Å². The van der Waals surface area contributed by atoms with E-state index in [1.54, 1.807) is 7.11 Å². The van der Waals surface area contributed by atoms with E-state index in [1.165, 1.54) is 28.7 Å². The lowest BCUT2D eigenvalue weighted by Crippen LogP contribution is -2.27. The van der Waals surface area contributed by atoms with Gasteiger partial charge in [-0.15, -0.1) is 10.2 Å². The van der Waals surface area contributed by atoms with E-state index in [9.17, 15) is 4.79 Å². The average Bonchev–Trinajstić information content (AvgIpc) is 3.02. The fraction of sp³-hybridized carbons (Fsp3) is 0.400. The van der Waals surface area contributed by atoms with Gasteiger partial charge in [-0.1, -0.05) is 53.4 Å². The van der Waals surface area contributed by atoms with Crippen molar-refractivity contribution in [3.8, 4) is 0 Å². The van der Waals surface area contributed by atoms with Crippen LogP contribution in [-0.2, 0) is 16.0 Å². The van der Waals surface area contributed by atoms with Crippen LogP contribution in [0.2, 0.25) is 0 Å². The summed E-state index contributed by atoms with van der Waals surface area (Å²) in [5.74, 6) is 0.358. The molecule has 0 aliphatic carbocycles. The van der Waals surface area contributed by atoms with Crippen LogP contribution in [-0.4, -0.2) is 48.7 Å². The van der Waals surface area contributed by atoms with Crippen molar-refractivity contribution in [3.63, 3.8) is 0 Å². The van der Waals surface area contributed by atoms with Crippen LogP contribution < -0.4 is 10.6 Å². The maximum Gasteiger partial charge on any atom is 0.230 e. The third-order valence-electron chi connectivity index (χ3n) is 2.89. The molecule has 2 aromatic rings. The highest BCUT2D eigenvalue weighted by atomic mass is 32.2. The lowest BCUT2D eigenvalue weighted by molar-refractivity contribution is -0.118. The lowest BCUT2D eigenvalue weighted by Gasteiger charge is -2.04. The molecule has 2 N–H and O–H groups in total. The Balaban J connectivity index is 1.62. The summed E-state index contributed by atoms with van der Waals surface area (Å²) in [5, 5.41) is 14.8. The van der Waals surface area contributed by atoms with E-state index in [-0.39, 0.29) is 5.91 Å². The highest BCUT2D eigenvalue weighted by Crippen LogP contribution is 2.24. The Bertz CT molecular complexity index is 592. The van der Waals surface area contributed by atoms with Crippen LogP contribution in [0.25, 0.3) is 0 Å². The molecule has 23 heavy (non-hydrogen) atoms. The van der Waals surface area contributed by atoms with Gasteiger partial charge >= 0.3 is 0 Å². The van der Waals surface area contributed by atoms with E-state index in [4.69, 9.17) is 4.74 Å². The zero-order valence-corrected chi connectivity index (χ0v) is 14.6. The van der Waals surface area contributed by atoms with Crippen molar-refractivity contribution in [2.45, 2.75) is 10.8 Å². The molecule has 8 heteroatoms. The van der Waals surface area contributed by atoms with Gasteiger partial charge in [0.2, 0.25) is 11.0 Å². The topological polar surface area (TPSA) is 76.1 Å². The summed E-state index contributed by atoms with van der Waals surface area (Å²) in [4.78, 5) is 11.8. The Hall–Kier alpha value is -1.64. The van der Waals surface area contributed by atoms with Crippen molar-refractivity contribution in [1.82, 2.24) is 15.5 Å². The molecule has 0 spiro atoms. The number of methoxy groups -OCH3 is 1. The summed E-state index contributed by atoms with van der Waals surface area (Å²) in [7, 11) is 1.65. The van der Waals surface area contributed by atoms with E-state index in [1.807, 2.05) is 18.2 Å². The van der Waals surface area contributed by atoms with Crippen molar-refractivity contribution in [2.75, 3.05) is 37.9 Å². The first-order valence-corrected chi connectivity index (χ1v) is 9.08. The molecule has 1 heterocycles. The first kappa shape index (κ1) is 17.7. The molecule has 0 bridgehead atoms. The summed E-state index contributed by atoms with van der Waals surface area (Å²) in [6.45, 7) is 1.95. The molecule has 0 atom stereocenters. The van der Waals surface area contributed by atoms with Gasteiger partial charge in [-0.25, -0.2) is 0 Å². The van der Waals surface area contributed by atoms with E-state index in [0.717, 1.165) is 15.9 Å². The summed E-state index contributed by atoms with van der Waals surface area (Å²) in [6.07, 6.45) is 0.837. The van der Waals surface area contributed by atoms with Crippen LogP contribution in [0.5, 0.6) is 0 Å². The number of hydrogen-bond acceptors (Lipinski definition) is 7. The molecule has 0 saturated carbocycles. The molecule has 2 rings (SSSR count). The fourth-order valence-corrected chi connectivity index (χ4v) is 3.38. The average molecular weight is 352 g/mol. The van der Waals surface area contributed by atoms with E-state index < -0.39 is 0 Å². The summed E-state index contributed by atoms with van der Waals surface area (Å²) < 4.78 is 5.74. The Labute approximate surface area is 144 Å². The number of carbonyl (C=O) groups excluding carboxylic acids is 1. The maximum atomic E-state index is 11.8. The van der Waals surface area contributed by atoms with Crippen molar-refractivity contribution in [1.29, 1.82) is 0 Å². The van der Waals surface area contributed by atoms with Gasteiger partial charge in [0.15, 0.2) is 4.34 Å². The number of rotatable bonds is 10. The molecule has 124 valence electrons. The standard InChI is InChI=1S/C15H20N4O2S2/c1-21-10-9-17-14-18-19-15(23-14)22-11-13(20)16-8-7-12-5-3-2-4-6-12/h2-6H,7-11H2,1H3,(H,16,20)(H,17,18). The molecule has 0 unspecified atom stereocenters. The van der Waals surface area contributed by atoms with Gasteiger partial charge in [-0.05, 0) is 12.0 Å². The first-order chi connectivity index (χ1) is 11.3. The van der Waals surface area contributed by atoms with Crippen LogP contribution >= 0.6 is 23.1 Å². The maximum absolute atomic E-state index is 11.8. The molecule has 6 nitrogen and oxygen atoms in total. The van der Waals surface area contributed by atoms with E-state index in [0.29, 0.717) is 25.4 Å². The number of thioether (sulfide) groups is 1. The van der Waals surface area contributed by atoms with Crippen molar-refractivity contribution in [3.05, 3.63) is 35.9 Å². The number of hydrogen-bond donors (Lipinski definition) is 2. The van der Waals surface area contributed by atoms with Gasteiger partial charge in [-0.3, -0.25) is 4.79 Å². The van der Waals surface area contributed by atoms with Gasteiger partial charge in [-0.2, -0.15) is 0 Å². The van der Waals surface area contributed by atoms with Gasteiger partial charge < -0.3 is 15.4 Å². The van der Waals surface area contributed by atoms with Crippen LogP contribution in [0.15, 0.2) is 34.7 Å². The van der Waals surface area contributed by atoms with Crippen molar-refractivity contribution < 1.29 is 9.53 Å². The van der Waals surface area contributed by atoms with Gasteiger partial charge in [0.1, 0.15) is 0 Å². The second kappa shape index (κ2) is 10.2.